The number of carbonyl (C=O) groups excluding carboxylic acids is 2. The minimum Gasteiger partial charge on any atom is -0.508 e. The molecule has 0 radical (unpaired) electrons. The molecule has 2 fully saturated rings. The number of phenols is 1. The predicted molar refractivity (Wildman–Crippen MR) is 211 cm³/mol. The van der Waals surface area contributed by atoms with Gasteiger partial charge in [0, 0.05) is 64.7 Å². The molecule has 0 spiro atoms. The third kappa shape index (κ3) is 6.85. The molecule has 2 aromatic heterocycles. The summed E-state index contributed by atoms with van der Waals surface area (Å²) in [5.74, 6) is -0.888. The molecule has 8 rings (SSSR count). The number of anilines is 1. The Bertz CT molecular complexity index is 2390. The SMILES string of the molecule is CCc1c(F)ccc2cc(O)cc(-c3ccc4c(N5CCCn6nc(C(=O)N(C)C)cc6C5)nc(OC[C@]56CCCN5[C@@H](OC(=O)N(C)CC)CC6)nc4c3F)c12. The Labute approximate surface area is 329 Å². The number of halogens is 2. The van der Waals surface area contributed by atoms with E-state index in [4.69, 9.17) is 19.4 Å². The molecule has 300 valence electrons. The number of aromatic hydroxyl groups is 1. The van der Waals surface area contributed by atoms with Crippen LogP contribution >= 0.6 is 0 Å². The van der Waals surface area contributed by atoms with Gasteiger partial charge in [0.25, 0.3) is 5.91 Å². The summed E-state index contributed by atoms with van der Waals surface area (Å²) >= 11 is 0. The van der Waals surface area contributed by atoms with Crippen molar-refractivity contribution in [3.8, 4) is 22.9 Å². The van der Waals surface area contributed by atoms with Gasteiger partial charge in [-0.2, -0.15) is 15.1 Å². The Balaban J connectivity index is 1.21. The molecule has 3 aliphatic heterocycles. The molecule has 0 saturated carbocycles. The van der Waals surface area contributed by atoms with Gasteiger partial charge in [0.2, 0.25) is 0 Å². The predicted octanol–water partition coefficient (Wildman–Crippen LogP) is 6.73. The van der Waals surface area contributed by atoms with Crippen LogP contribution in [0.5, 0.6) is 11.8 Å². The Morgan fingerprint density at radius 2 is 1.81 bits per heavy atom. The van der Waals surface area contributed by atoms with Gasteiger partial charge in [-0.3, -0.25) is 14.4 Å². The van der Waals surface area contributed by atoms with Crippen molar-refractivity contribution in [1.82, 2.24) is 34.4 Å². The standard InChI is InChI=1S/C42H48F2N8O5/c1-6-28-32(43)13-10-25-20-27(53)22-31(35(25)28)29-11-12-30-37(36(29)44)45-40(56-24-42-15-8-18-51(42)34(14-16-42)57-41(55)49(5)7-2)46-38(30)50-17-9-19-52-26(23-50)21-33(47-52)39(54)48(3)4/h10-13,20-22,34,53H,6-9,14-19,23-24H2,1-5H3/t34-,42+/m0/s1. The van der Waals surface area contributed by atoms with Crippen LogP contribution in [0.2, 0.25) is 0 Å². The number of aryl methyl sites for hydroxylation is 2. The van der Waals surface area contributed by atoms with Gasteiger partial charge >= 0.3 is 12.1 Å². The second-order valence-corrected chi connectivity index (χ2v) is 15.5. The van der Waals surface area contributed by atoms with Crippen LogP contribution in [0.15, 0.2) is 42.5 Å². The summed E-state index contributed by atoms with van der Waals surface area (Å²) in [5.41, 5.74) is 1.67. The molecule has 0 aliphatic carbocycles. The molecule has 1 N–H and O–H groups in total. The number of aromatic nitrogens is 4. The molecule has 2 saturated heterocycles. The fourth-order valence-electron chi connectivity index (χ4n) is 8.78. The highest BCUT2D eigenvalue weighted by Gasteiger charge is 2.51. The zero-order valence-electron chi connectivity index (χ0n) is 33.0. The summed E-state index contributed by atoms with van der Waals surface area (Å²) in [5, 5.41) is 16.9. The molecule has 5 aromatic rings. The van der Waals surface area contributed by atoms with Crippen LogP contribution in [0.1, 0.15) is 67.7 Å². The first-order chi connectivity index (χ1) is 27.4. The maximum absolute atomic E-state index is 17.3. The van der Waals surface area contributed by atoms with Gasteiger partial charge in [-0.05, 0) is 91.3 Å². The van der Waals surface area contributed by atoms with Gasteiger partial charge in [-0.25, -0.2) is 13.6 Å². The van der Waals surface area contributed by atoms with Crippen molar-refractivity contribution in [1.29, 1.82) is 0 Å². The van der Waals surface area contributed by atoms with E-state index >= 15 is 8.78 Å². The topological polar surface area (TPSA) is 129 Å². The number of amides is 2. The van der Waals surface area contributed by atoms with Gasteiger partial charge in [0.15, 0.2) is 17.7 Å². The average Bonchev–Trinajstić information content (AvgIpc) is 3.86. The Kier molecular flexibility index (Phi) is 10.1. The zero-order chi connectivity index (χ0) is 40.2. The molecule has 57 heavy (non-hydrogen) atoms. The lowest BCUT2D eigenvalue weighted by Gasteiger charge is -2.34. The summed E-state index contributed by atoms with van der Waals surface area (Å²) in [4.78, 5) is 42.5. The van der Waals surface area contributed by atoms with E-state index in [1.165, 1.54) is 21.9 Å². The van der Waals surface area contributed by atoms with Crippen molar-refractivity contribution >= 4 is 39.5 Å². The Hall–Kier alpha value is -5.57. The van der Waals surface area contributed by atoms with Crippen molar-refractivity contribution < 1.29 is 33.0 Å². The van der Waals surface area contributed by atoms with Crippen LogP contribution in [0, 0.1) is 11.6 Å². The van der Waals surface area contributed by atoms with Crippen molar-refractivity contribution in [3.63, 3.8) is 0 Å². The third-order valence-corrected chi connectivity index (χ3v) is 11.8. The van der Waals surface area contributed by atoms with E-state index in [0.29, 0.717) is 84.2 Å². The Morgan fingerprint density at radius 1 is 0.982 bits per heavy atom. The number of hydrogen-bond donors (Lipinski definition) is 1. The van der Waals surface area contributed by atoms with Crippen molar-refractivity contribution in [2.75, 3.05) is 52.3 Å². The fraction of sp³-hybridized carbons (Fsp3) is 0.452. The van der Waals surface area contributed by atoms with Crippen LogP contribution in [-0.4, -0.2) is 111 Å². The van der Waals surface area contributed by atoms with Crippen LogP contribution in [0.3, 0.4) is 0 Å². The Morgan fingerprint density at radius 3 is 2.58 bits per heavy atom. The molecule has 0 bridgehead atoms. The van der Waals surface area contributed by atoms with Gasteiger partial charge in [-0.1, -0.05) is 19.1 Å². The number of rotatable bonds is 9. The van der Waals surface area contributed by atoms with E-state index in [-0.39, 0.29) is 47.7 Å². The van der Waals surface area contributed by atoms with Crippen LogP contribution in [-0.2, 0) is 24.2 Å². The second kappa shape index (κ2) is 15.1. The highest BCUT2D eigenvalue weighted by molar-refractivity contribution is 6.03. The highest BCUT2D eigenvalue weighted by Crippen LogP contribution is 2.44. The fourth-order valence-corrected chi connectivity index (χ4v) is 8.78. The molecule has 3 aliphatic rings. The molecule has 3 aromatic carbocycles. The van der Waals surface area contributed by atoms with E-state index in [1.54, 1.807) is 51.5 Å². The van der Waals surface area contributed by atoms with Crippen LogP contribution in [0.4, 0.5) is 19.4 Å². The number of carbonyl (C=O) groups is 2. The summed E-state index contributed by atoms with van der Waals surface area (Å²) in [7, 11) is 5.08. The molecule has 13 nitrogen and oxygen atoms in total. The minimum absolute atomic E-state index is 0.0109. The van der Waals surface area contributed by atoms with Crippen molar-refractivity contribution in [2.45, 2.75) is 77.2 Å². The van der Waals surface area contributed by atoms with E-state index in [2.05, 4.69) is 10.00 Å². The summed E-state index contributed by atoms with van der Waals surface area (Å²) < 4.78 is 46.8. The molecule has 15 heteroatoms. The van der Waals surface area contributed by atoms with E-state index in [1.807, 2.05) is 23.4 Å². The largest absolute Gasteiger partial charge is 0.508 e. The normalized spacial score (nSPS) is 19.4. The van der Waals surface area contributed by atoms with Gasteiger partial charge < -0.3 is 29.3 Å². The van der Waals surface area contributed by atoms with Gasteiger partial charge in [-0.15, -0.1) is 0 Å². The average molecular weight is 783 g/mol. The van der Waals surface area contributed by atoms with E-state index in [9.17, 15) is 14.7 Å². The molecule has 0 unspecified atom stereocenters. The minimum atomic E-state index is -0.661. The van der Waals surface area contributed by atoms with Crippen molar-refractivity contribution in [3.05, 3.63) is 71.1 Å². The number of benzene rings is 3. The van der Waals surface area contributed by atoms with E-state index in [0.717, 1.165) is 31.5 Å². The number of nitrogens with zero attached hydrogens (tertiary/aromatic N) is 8. The first kappa shape index (κ1) is 38.3. The van der Waals surface area contributed by atoms with Crippen molar-refractivity contribution in [2.24, 2.45) is 0 Å². The molecule has 2 amide bonds. The molecule has 5 heterocycles. The lowest BCUT2D eigenvalue weighted by atomic mass is 9.92. The maximum atomic E-state index is 17.3. The second-order valence-electron chi connectivity index (χ2n) is 15.5. The summed E-state index contributed by atoms with van der Waals surface area (Å²) in [6.45, 7) is 6.70. The third-order valence-electron chi connectivity index (χ3n) is 11.8. The number of fused-ring (bicyclic) bond motifs is 4. The quantitative estimate of drug-likeness (QED) is 0.172. The molecule has 2 atom stereocenters. The highest BCUT2D eigenvalue weighted by atomic mass is 19.1. The van der Waals surface area contributed by atoms with Crippen LogP contribution < -0.4 is 9.64 Å². The monoisotopic (exact) mass is 782 g/mol. The van der Waals surface area contributed by atoms with Gasteiger partial charge in [0.05, 0.1) is 17.8 Å². The number of ether oxygens (including phenoxy) is 2. The smallest absolute Gasteiger partial charge is 0.411 e. The van der Waals surface area contributed by atoms with Gasteiger partial charge in [0.1, 0.15) is 29.5 Å². The first-order valence-corrected chi connectivity index (χ1v) is 19.7. The van der Waals surface area contributed by atoms with Crippen LogP contribution in [0.25, 0.3) is 32.8 Å². The summed E-state index contributed by atoms with van der Waals surface area (Å²) in [6.07, 6.45) is 3.42. The lowest BCUT2D eigenvalue weighted by Crippen LogP contribution is -2.48. The molecular formula is C42H48F2N8O5. The number of hydrogen-bond acceptors (Lipinski definition) is 10. The maximum Gasteiger partial charge on any atom is 0.411 e. The van der Waals surface area contributed by atoms with E-state index < -0.39 is 17.2 Å². The lowest BCUT2D eigenvalue weighted by molar-refractivity contribution is -0.0331. The first-order valence-electron chi connectivity index (χ1n) is 19.7. The number of phenolic OH excluding ortho intramolecular Hbond substituents is 1. The zero-order valence-corrected chi connectivity index (χ0v) is 33.0. The summed E-state index contributed by atoms with van der Waals surface area (Å²) in [6, 6.07) is 11.1. The molecular weight excluding hydrogens is 735 g/mol.